The van der Waals surface area contributed by atoms with Crippen LogP contribution in [-0.2, 0) is 11.3 Å². The molecule has 164 valence electrons. The van der Waals surface area contributed by atoms with Gasteiger partial charge in [-0.25, -0.2) is 4.39 Å². The van der Waals surface area contributed by atoms with Crippen molar-refractivity contribution in [1.29, 1.82) is 0 Å². The van der Waals surface area contributed by atoms with Crippen molar-refractivity contribution in [3.63, 3.8) is 0 Å². The topological polar surface area (TPSA) is 78.2 Å². The summed E-state index contributed by atoms with van der Waals surface area (Å²) in [5.74, 6) is -0.673. The number of H-pyrrole nitrogens is 2. The highest BCUT2D eigenvalue weighted by atomic mass is 31.0. The smallest absolute Gasteiger partial charge is 0.270 e. The highest BCUT2D eigenvalue weighted by Crippen LogP contribution is 2.34. The van der Waals surface area contributed by atoms with Crippen molar-refractivity contribution >= 4 is 56.7 Å². The number of rotatable bonds is 2. The molecule has 0 bridgehead atoms. The molecule has 4 aromatic rings. The van der Waals surface area contributed by atoms with Crippen LogP contribution in [0, 0.1) is 12.7 Å². The van der Waals surface area contributed by atoms with Crippen molar-refractivity contribution in [1.82, 2.24) is 14.9 Å². The third-order valence-electron chi connectivity index (χ3n) is 6.11. The van der Waals surface area contributed by atoms with Crippen LogP contribution in [0.4, 0.5) is 4.39 Å². The van der Waals surface area contributed by atoms with Crippen molar-refractivity contribution in [2.45, 2.75) is 19.6 Å². The lowest BCUT2D eigenvalue weighted by atomic mass is 9.94. The summed E-state index contributed by atoms with van der Waals surface area (Å²) in [5.41, 5.74) is 3.21. The molecule has 0 saturated carbocycles. The standard InChI is InChI=1S/C23H22FN3O3P2/c1-10-3-13-12(7-20(10)32)21-18(26-22(13)28)8-30-9-19(21)27(2)23(29)17-6-14-15(24)4-11(31)5-16(14)25-17/h3-7,19,25H,8-9,31-32H2,1-2H3,(H,26,28). The number of fused-ring (bicyclic) bond motifs is 4. The molecule has 0 fully saturated rings. The van der Waals surface area contributed by atoms with Crippen LogP contribution < -0.4 is 16.2 Å². The van der Waals surface area contributed by atoms with E-state index in [1.54, 1.807) is 18.0 Å². The van der Waals surface area contributed by atoms with Crippen LogP contribution in [0.25, 0.3) is 21.7 Å². The number of amides is 1. The summed E-state index contributed by atoms with van der Waals surface area (Å²) in [6.07, 6.45) is 0. The number of aromatic nitrogens is 2. The summed E-state index contributed by atoms with van der Waals surface area (Å²) < 4.78 is 20.1. The van der Waals surface area contributed by atoms with Gasteiger partial charge in [0.25, 0.3) is 11.5 Å². The average Bonchev–Trinajstić information content (AvgIpc) is 3.18. The van der Waals surface area contributed by atoms with Crippen molar-refractivity contribution in [3.05, 3.63) is 69.0 Å². The first kappa shape index (κ1) is 21.3. The fourth-order valence-electron chi connectivity index (χ4n) is 4.39. The summed E-state index contributed by atoms with van der Waals surface area (Å²) in [7, 11) is 6.85. The molecule has 0 aliphatic carbocycles. The Hall–Kier alpha value is -2.59. The van der Waals surface area contributed by atoms with E-state index < -0.39 is 6.04 Å². The van der Waals surface area contributed by atoms with E-state index >= 15 is 0 Å². The van der Waals surface area contributed by atoms with Gasteiger partial charge in [-0.15, -0.1) is 18.5 Å². The Bertz CT molecular complexity index is 1480. The highest BCUT2D eigenvalue weighted by Gasteiger charge is 2.31. The predicted octanol–water partition coefficient (Wildman–Crippen LogP) is 2.80. The molecule has 3 unspecified atom stereocenters. The fraction of sp³-hybridized carbons (Fsp3) is 0.217. The number of pyridine rings is 1. The normalized spacial score (nSPS) is 15.8. The molecule has 0 spiro atoms. The largest absolute Gasteiger partial charge is 0.373 e. The number of carbonyl (C=O) groups is 1. The average molecular weight is 469 g/mol. The minimum absolute atomic E-state index is 0.176. The Balaban J connectivity index is 1.62. The minimum Gasteiger partial charge on any atom is -0.373 e. The maximum atomic E-state index is 14.3. The Kier molecular flexibility index (Phi) is 5.16. The number of ether oxygens (including phenoxy) is 1. The number of likely N-dealkylation sites (N-methyl/N-ethyl adjacent to an activating group) is 1. The van der Waals surface area contributed by atoms with E-state index in [1.807, 2.05) is 19.1 Å². The third-order valence-corrected chi connectivity index (χ3v) is 7.07. The molecular formula is C23H22FN3O3P2. The molecule has 2 aromatic carbocycles. The van der Waals surface area contributed by atoms with Gasteiger partial charge in [-0.05, 0) is 58.8 Å². The van der Waals surface area contributed by atoms with Gasteiger partial charge in [0.1, 0.15) is 11.5 Å². The van der Waals surface area contributed by atoms with Crippen LogP contribution in [-0.4, -0.2) is 34.4 Å². The number of hydrogen-bond acceptors (Lipinski definition) is 3. The van der Waals surface area contributed by atoms with Gasteiger partial charge in [0.05, 0.1) is 19.3 Å². The van der Waals surface area contributed by atoms with Crippen LogP contribution >= 0.6 is 18.5 Å². The second-order valence-corrected chi connectivity index (χ2v) is 9.48. The lowest BCUT2D eigenvalue weighted by molar-refractivity contribution is 0.0333. The monoisotopic (exact) mass is 469 g/mol. The second kappa shape index (κ2) is 7.77. The van der Waals surface area contributed by atoms with E-state index in [2.05, 4.69) is 28.4 Å². The zero-order valence-corrected chi connectivity index (χ0v) is 19.9. The highest BCUT2D eigenvalue weighted by molar-refractivity contribution is 7.27. The zero-order valence-electron chi connectivity index (χ0n) is 17.6. The van der Waals surface area contributed by atoms with Crippen LogP contribution in [0.2, 0.25) is 0 Å². The van der Waals surface area contributed by atoms with Crippen molar-refractivity contribution in [2.75, 3.05) is 13.7 Å². The van der Waals surface area contributed by atoms with Crippen LogP contribution in [0.1, 0.15) is 33.4 Å². The van der Waals surface area contributed by atoms with Gasteiger partial charge >= 0.3 is 0 Å². The molecular weight excluding hydrogens is 447 g/mol. The quantitative estimate of drug-likeness (QED) is 0.444. The first-order valence-electron chi connectivity index (χ1n) is 10.1. The van der Waals surface area contributed by atoms with Crippen molar-refractivity contribution < 1.29 is 13.9 Å². The van der Waals surface area contributed by atoms with Gasteiger partial charge in [0, 0.05) is 34.6 Å². The molecule has 2 N–H and O–H groups in total. The molecule has 32 heavy (non-hydrogen) atoms. The third kappa shape index (κ3) is 3.36. The molecule has 6 nitrogen and oxygen atoms in total. The number of nitrogens with zero attached hydrogens (tertiary/aromatic N) is 1. The SMILES string of the molecule is Cc1cc2c(=O)[nH]c3c(c2cc1P)C(N(C)C(=O)c1cc2c(F)cc(P)cc2[nH]1)COC3. The van der Waals surface area contributed by atoms with Crippen LogP contribution in [0.3, 0.4) is 0 Å². The van der Waals surface area contributed by atoms with Gasteiger partial charge in [0.2, 0.25) is 0 Å². The Morgan fingerprint density at radius 3 is 2.69 bits per heavy atom. The molecule has 9 heteroatoms. The Morgan fingerprint density at radius 1 is 1.12 bits per heavy atom. The lowest BCUT2D eigenvalue weighted by Crippen LogP contribution is -2.37. The number of aryl methyl sites for hydroxylation is 1. The summed E-state index contributed by atoms with van der Waals surface area (Å²) in [5, 5.41) is 3.44. The first-order chi connectivity index (χ1) is 15.2. The molecule has 2 aromatic heterocycles. The van der Waals surface area contributed by atoms with E-state index in [9.17, 15) is 14.0 Å². The molecule has 0 saturated heterocycles. The molecule has 1 aliphatic heterocycles. The second-order valence-electron chi connectivity index (χ2n) is 8.19. The number of aromatic amines is 2. The van der Waals surface area contributed by atoms with Gasteiger partial charge in [-0.2, -0.15) is 0 Å². The van der Waals surface area contributed by atoms with Crippen LogP contribution in [0.15, 0.2) is 35.1 Å². The van der Waals surface area contributed by atoms with E-state index in [1.165, 1.54) is 12.1 Å². The summed E-state index contributed by atoms with van der Waals surface area (Å²) in [6, 6.07) is 8.15. The van der Waals surface area contributed by atoms with E-state index in [0.29, 0.717) is 39.6 Å². The maximum Gasteiger partial charge on any atom is 0.270 e. The predicted molar refractivity (Wildman–Crippen MR) is 131 cm³/mol. The molecule has 1 aliphatic rings. The molecule has 0 radical (unpaired) electrons. The van der Waals surface area contributed by atoms with E-state index in [-0.39, 0.29) is 23.9 Å². The van der Waals surface area contributed by atoms with Gasteiger partial charge in [-0.3, -0.25) is 9.59 Å². The molecule has 5 rings (SSSR count). The first-order valence-corrected chi connectivity index (χ1v) is 11.3. The number of nitrogens with one attached hydrogen (secondary N) is 2. The molecule has 3 atom stereocenters. The van der Waals surface area contributed by atoms with Crippen LogP contribution in [0.5, 0.6) is 0 Å². The van der Waals surface area contributed by atoms with E-state index in [4.69, 9.17) is 4.74 Å². The number of hydrogen-bond donors (Lipinski definition) is 2. The summed E-state index contributed by atoms with van der Waals surface area (Å²) >= 11 is 0. The summed E-state index contributed by atoms with van der Waals surface area (Å²) in [4.78, 5) is 33.6. The fourth-order valence-corrected chi connectivity index (χ4v) is 4.95. The van der Waals surface area contributed by atoms with E-state index in [0.717, 1.165) is 21.8 Å². The number of benzene rings is 2. The Labute approximate surface area is 187 Å². The maximum absolute atomic E-state index is 14.3. The molecule has 1 amide bonds. The van der Waals surface area contributed by atoms with Crippen molar-refractivity contribution in [3.8, 4) is 0 Å². The van der Waals surface area contributed by atoms with Crippen molar-refractivity contribution in [2.24, 2.45) is 0 Å². The zero-order chi connectivity index (χ0) is 22.7. The summed E-state index contributed by atoms with van der Waals surface area (Å²) in [6.45, 7) is 2.51. The molecule has 3 heterocycles. The van der Waals surface area contributed by atoms with Gasteiger partial charge in [-0.1, -0.05) is 0 Å². The number of halogens is 1. The minimum atomic E-state index is -0.411. The van der Waals surface area contributed by atoms with Gasteiger partial charge in [0.15, 0.2) is 0 Å². The number of carbonyl (C=O) groups excluding carboxylic acids is 1. The lowest BCUT2D eigenvalue weighted by Gasteiger charge is -2.33. The Morgan fingerprint density at radius 2 is 1.91 bits per heavy atom. The van der Waals surface area contributed by atoms with Gasteiger partial charge < -0.3 is 19.6 Å².